The first kappa shape index (κ1) is 15.0. The van der Waals surface area contributed by atoms with Crippen molar-refractivity contribution >= 4 is 21.8 Å². The van der Waals surface area contributed by atoms with E-state index in [4.69, 9.17) is 0 Å². The van der Waals surface area contributed by atoms with Gasteiger partial charge in [-0.2, -0.15) is 0 Å². The van der Waals surface area contributed by atoms with Crippen LogP contribution in [0.3, 0.4) is 0 Å². The van der Waals surface area contributed by atoms with E-state index >= 15 is 0 Å². The van der Waals surface area contributed by atoms with Crippen LogP contribution >= 0.6 is 15.9 Å². The van der Waals surface area contributed by atoms with Gasteiger partial charge in [-0.15, -0.1) is 0 Å². The van der Waals surface area contributed by atoms with Gasteiger partial charge in [0.05, 0.1) is 5.56 Å². The van der Waals surface area contributed by atoms with Crippen molar-refractivity contribution in [3.8, 4) is 5.75 Å². The monoisotopic (exact) mass is 313 g/mol. The maximum absolute atomic E-state index is 11.8. The van der Waals surface area contributed by atoms with Crippen LogP contribution in [0.4, 0.5) is 0 Å². The van der Waals surface area contributed by atoms with Crippen LogP contribution in [0.5, 0.6) is 5.75 Å². The van der Waals surface area contributed by atoms with E-state index in [0.717, 1.165) is 17.3 Å². The number of phenols is 1. The molecule has 4 heteroatoms. The predicted molar refractivity (Wildman–Crippen MR) is 76.8 cm³/mol. The third-order valence-corrected chi connectivity index (χ3v) is 3.19. The lowest BCUT2D eigenvalue weighted by molar-refractivity contribution is 0.0950. The van der Waals surface area contributed by atoms with Crippen molar-refractivity contribution in [2.75, 3.05) is 6.54 Å². The van der Waals surface area contributed by atoms with E-state index in [0.29, 0.717) is 18.0 Å². The van der Waals surface area contributed by atoms with E-state index in [2.05, 4.69) is 35.1 Å². The van der Waals surface area contributed by atoms with Crippen LogP contribution in [0, 0.1) is 5.92 Å². The molecule has 0 radical (unpaired) electrons. The number of rotatable bonds is 6. The maximum Gasteiger partial charge on any atom is 0.255 e. The van der Waals surface area contributed by atoms with Crippen LogP contribution in [0.1, 0.15) is 43.5 Å². The third kappa shape index (κ3) is 5.08. The molecule has 100 valence electrons. The summed E-state index contributed by atoms with van der Waals surface area (Å²) < 4.78 is 0.758. The van der Waals surface area contributed by atoms with Gasteiger partial charge >= 0.3 is 0 Å². The van der Waals surface area contributed by atoms with E-state index in [9.17, 15) is 9.90 Å². The second kappa shape index (κ2) is 7.41. The van der Waals surface area contributed by atoms with Gasteiger partial charge in [0.15, 0.2) is 0 Å². The first-order chi connectivity index (χ1) is 8.50. The molecule has 0 aliphatic heterocycles. The van der Waals surface area contributed by atoms with Gasteiger partial charge in [0.1, 0.15) is 5.75 Å². The quantitative estimate of drug-likeness (QED) is 0.786. The van der Waals surface area contributed by atoms with Gasteiger partial charge in [-0.1, -0.05) is 42.6 Å². The second-order valence-electron chi connectivity index (χ2n) is 4.81. The number of unbranched alkanes of at least 4 members (excludes halogenated alkanes) is 1. The number of nitrogens with one attached hydrogen (secondary N) is 1. The number of halogens is 1. The molecule has 3 nitrogen and oxygen atoms in total. The molecule has 1 amide bonds. The molecule has 0 bridgehead atoms. The van der Waals surface area contributed by atoms with Crippen LogP contribution < -0.4 is 5.32 Å². The van der Waals surface area contributed by atoms with Gasteiger partial charge in [0.2, 0.25) is 0 Å². The number of carbonyl (C=O) groups excluding carboxylic acids is 1. The number of hydrogen-bond donors (Lipinski definition) is 2. The lowest BCUT2D eigenvalue weighted by atomic mass is 10.1. The first-order valence-corrected chi connectivity index (χ1v) is 7.06. The van der Waals surface area contributed by atoms with Crippen LogP contribution in [-0.2, 0) is 0 Å². The summed E-state index contributed by atoms with van der Waals surface area (Å²) in [5, 5.41) is 12.5. The number of benzene rings is 1. The first-order valence-electron chi connectivity index (χ1n) is 6.27. The molecule has 0 unspecified atom stereocenters. The highest BCUT2D eigenvalue weighted by atomic mass is 79.9. The molecule has 18 heavy (non-hydrogen) atoms. The molecule has 0 saturated carbocycles. The SMILES string of the molecule is CC(C)CCCCNC(=O)c1ccc(Br)cc1O. The van der Waals surface area contributed by atoms with Gasteiger partial charge in [0, 0.05) is 11.0 Å². The van der Waals surface area contributed by atoms with Crippen molar-refractivity contribution in [3.63, 3.8) is 0 Å². The van der Waals surface area contributed by atoms with Crippen molar-refractivity contribution in [2.45, 2.75) is 33.1 Å². The van der Waals surface area contributed by atoms with Gasteiger partial charge < -0.3 is 10.4 Å². The smallest absolute Gasteiger partial charge is 0.255 e. The highest BCUT2D eigenvalue weighted by Gasteiger charge is 2.10. The molecule has 2 N–H and O–H groups in total. The minimum absolute atomic E-state index is 0.00376. The van der Waals surface area contributed by atoms with Crippen molar-refractivity contribution in [1.82, 2.24) is 5.32 Å². The number of phenolic OH excluding ortho intramolecular Hbond substituents is 1. The third-order valence-electron chi connectivity index (χ3n) is 2.70. The van der Waals surface area contributed by atoms with E-state index < -0.39 is 0 Å². The number of hydrogen-bond acceptors (Lipinski definition) is 2. The highest BCUT2D eigenvalue weighted by molar-refractivity contribution is 9.10. The Bertz CT molecular complexity index is 405. The summed E-state index contributed by atoms with van der Waals surface area (Å²) in [6, 6.07) is 4.88. The topological polar surface area (TPSA) is 49.3 Å². The van der Waals surface area contributed by atoms with Gasteiger partial charge in [-0.25, -0.2) is 0 Å². The molecule has 0 atom stereocenters. The Labute approximate surface area is 117 Å². The molecule has 0 fully saturated rings. The molecular weight excluding hydrogens is 294 g/mol. The molecule has 0 heterocycles. The summed E-state index contributed by atoms with van der Waals surface area (Å²) in [6.07, 6.45) is 3.27. The Morgan fingerprint density at radius 1 is 1.39 bits per heavy atom. The van der Waals surface area contributed by atoms with Gasteiger partial charge in [-0.05, 0) is 30.5 Å². The minimum atomic E-state index is -0.218. The van der Waals surface area contributed by atoms with Crippen LogP contribution in [0.25, 0.3) is 0 Å². The fourth-order valence-electron chi connectivity index (χ4n) is 1.67. The fourth-order valence-corrected chi connectivity index (χ4v) is 2.02. The Morgan fingerprint density at radius 3 is 2.72 bits per heavy atom. The molecule has 0 aliphatic carbocycles. The lowest BCUT2D eigenvalue weighted by Crippen LogP contribution is -2.24. The van der Waals surface area contributed by atoms with E-state index in [-0.39, 0.29) is 11.7 Å². The molecule has 0 aliphatic rings. The summed E-state index contributed by atoms with van der Waals surface area (Å²) in [7, 11) is 0. The van der Waals surface area contributed by atoms with Crippen LogP contribution in [0.2, 0.25) is 0 Å². The second-order valence-corrected chi connectivity index (χ2v) is 5.72. The summed E-state index contributed by atoms with van der Waals surface area (Å²) >= 11 is 3.24. The molecular formula is C14H20BrNO2. The highest BCUT2D eigenvalue weighted by Crippen LogP contribution is 2.22. The van der Waals surface area contributed by atoms with Crippen LogP contribution in [0.15, 0.2) is 22.7 Å². The van der Waals surface area contributed by atoms with Crippen molar-refractivity contribution in [3.05, 3.63) is 28.2 Å². The summed E-state index contributed by atoms with van der Waals surface area (Å²) in [6.45, 7) is 5.04. The van der Waals surface area contributed by atoms with Gasteiger partial charge in [-0.3, -0.25) is 4.79 Å². The number of aromatic hydroxyl groups is 1. The standard InChI is InChI=1S/C14H20BrNO2/c1-10(2)5-3-4-8-16-14(18)12-7-6-11(15)9-13(12)17/h6-7,9-10,17H,3-5,8H2,1-2H3,(H,16,18). The minimum Gasteiger partial charge on any atom is -0.507 e. The Kier molecular flexibility index (Phi) is 6.19. The molecule has 0 aromatic heterocycles. The normalized spacial score (nSPS) is 10.7. The zero-order valence-corrected chi connectivity index (χ0v) is 12.5. The Balaban J connectivity index is 2.36. The molecule has 1 aromatic rings. The molecule has 0 spiro atoms. The van der Waals surface area contributed by atoms with Crippen molar-refractivity contribution in [1.29, 1.82) is 0 Å². The zero-order chi connectivity index (χ0) is 13.5. The summed E-state index contributed by atoms with van der Waals surface area (Å²) in [5.74, 6) is 0.491. The number of amides is 1. The lowest BCUT2D eigenvalue weighted by Gasteiger charge is -2.08. The van der Waals surface area contributed by atoms with E-state index in [1.54, 1.807) is 12.1 Å². The molecule has 1 aromatic carbocycles. The maximum atomic E-state index is 11.8. The molecule has 1 rings (SSSR count). The van der Waals surface area contributed by atoms with Crippen molar-refractivity contribution < 1.29 is 9.90 Å². The van der Waals surface area contributed by atoms with Crippen LogP contribution in [-0.4, -0.2) is 17.6 Å². The average Bonchev–Trinajstić information content (AvgIpc) is 2.27. The van der Waals surface area contributed by atoms with Gasteiger partial charge in [0.25, 0.3) is 5.91 Å². The Hall–Kier alpha value is -1.03. The Morgan fingerprint density at radius 2 is 2.11 bits per heavy atom. The predicted octanol–water partition coefficient (Wildman–Crippen LogP) is 3.71. The molecule has 0 saturated heterocycles. The van der Waals surface area contributed by atoms with E-state index in [1.807, 2.05) is 0 Å². The number of carbonyl (C=O) groups is 1. The fraction of sp³-hybridized carbons (Fsp3) is 0.500. The van der Waals surface area contributed by atoms with Crippen molar-refractivity contribution in [2.24, 2.45) is 5.92 Å². The summed E-state index contributed by atoms with van der Waals surface area (Å²) in [5.41, 5.74) is 0.321. The summed E-state index contributed by atoms with van der Waals surface area (Å²) in [4.78, 5) is 11.8. The largest absolute Gasteiger partial charge is 0.507 e. The zero-order valence-electron chi connectivity index (χ0n) is 10.9. The average molecular weight is 314 g/mol. The van der Waals surface area contributed by atoms with E-state index in [1.165, 1.54) is 12.5 Å².